The molecule has 1 N–H and O–H groups in total. The average Bonchev–Trinajstić information content (AvgIpc) is 3.15. The van der Waals surface area contributed by atoms with Crippen molar-refractivity contribution < 1.29 is 9.53 Å². The van der Waals surface area contributed by atoms with Crippen molar-refractivity contribution in [1.29, 1.82) is 0 Å². The average molecular weight is 419 g/mol. The second-order valence-electron chi connectivity index (χ2n) is 6.67. The number of rotatable bonds is 6. The Morgan fingerprint density at radius 2 is 1.73 bits per heavy atom. The summed E-state index contributed by atoms with van der Waals surface area (Å²) in [6.45, 7) is 4.82. The summed E-state index contributed by atoms with van der Waals surface area (Å²) in [5.41, 5.74) is 3.18. The van der Waals surface area contributed by atoms with Crippen molar-refractivity contribution in [3.8, 4) is 16.8 Å². The standard InChI is InChI=1S/C24H22N2O3S/c1-3-25-18-12-8-9-13-19(18)26-20(27)15-14-17-21(16-10-6-5-7-11-16)22(30-23(17)26)24(28)29-4-2/h5-15,25H,3-4H2,1-2H3. The van der Waals surface area contributed by atoms with Crippen LogP contribution in [0, 0.1) is 0 Å². The highest BCUT2D eigenvalue weighted by molar-refractivity contribution is 7.21. The van der Waals surface area contributed by atoms with E-state index in [1.54, 1.807) is 23.6 Å². The largest absolute Gasteiger partial charge is 0.462 e. The summed E-state index contributed by atoms with van der Waals surface area (Å²) >= 11 is 1.29. The number of aromatic nitrogens is 1. The van der Waals surface area contributed by atoms with E-state index in [4.69, 9.17) is 4.74 Å². The van der Waals surface area contributed by atoms with Crippen molar-refractivity contribution in [2.24, 2.45) is 0 Å². The van der Waals surface area contributed by atoms with E-state index >= 15 is 0 Å². The number of anilines is 1. The zero-order valence-electron chi connectivity index (χ0n) is 16.8. The second kappa shape index (κ2) is 8.55. The van der Waals surface area contributed by atoms with Gasteiger partial charge in [0, 0.05) is 23.6 Å². The first kappa shape index (κ1) is 19.9. The van der Waals surface area contributed by atoms with Crippen LogP contribution in [0.4, 0.5) is 5.69 Å². The predicted molar refractivity (Wildman–Crippen MR) is 123 cm³/mol. The van der Waals surface area contributed by atoms with Gasteiger partial charge < -0.3 is 10.1 Å². The number of fused-ring (bicyclic) bond motifs is 1. The summed E-state index contributed by atoms with van der Waals surface area (Å²) in [6.07, 6.45) is 0. The molecule has 4 aromatic rings. The van der Waals surface area contributed by atoms with E-state index in [9.17, 15) is 9.59 Å². The number of pyridine rings is 1. The number of hydrogen-bond donors (Lipinski definition) is 1. The van der Waals surface area contributed by atoms with E-state index in [1.807, 2.05) is 61.5 Å². The maximum Gasteiger partial charge on any atom is 0.349 e. The fourth-order valence-corrected chi connectivity index (χ4v) is 4.78. The van der Waals surface area contributed by atoms with Gasteiger partial charge in [-0.15, -0.1) is 11.3 Å². The Labute approximate surface area is 178 Å². The van der Waals surface area contributed by atoms with Crippen LogP contribution in [-0.4, -0.2) is 23.7 Å². The van der Waals surface area contributed by atoms with Crippen LogP contribution >= 0.6 is 11.3 Å². The number of thiophene rings is 1. The Bertz CT molecular complexity index is 1260. The highest BCUT2D eigenvalue weighted by Crippen LogP contribution is 2.40. The molecule has 0 amide bonds. The first-order chi connectivity index (χ1) is 14.7. The van der Waals surface area contributed by atoms with Crippen LogP contribution < -0.4 is 10.9 Å². The second-order valence-corrected chi connectivity index (χ2v) is 7.67. The topological polar surface area (TPSA) is 60.3 Å². The molecule has 30 heavy (non-hydrogen) atoms. The van der Waals surface area contributed by atoms with E-state index in [-0.39, 0.29) is 18.1 Å². The third kappa shape index (κ3) is 3.50. The van der Waals surface area contributed by atoms with Gasteiger partial charge in [-0.1, -0.05) is 42.5 Å². The van der Waals surface area contributed by atoms with Gasteiger partial charge in [0.1, 0.15) is 9.71 Å². The van der Waals surface area contributed by atoms with E-state index < -0.39 is 0 Å². The number of carbonyl (C=O) groups is 1. The zero-order chi connectivity index (χ0) is 21.1. The SMILES string of the molecule is CCNc1ccccc1-n1c(=O)ccc2c(-c3ccccc3)c(C(=O)OCC)sc21. The van der Waals surface area contributed by atoms with Gasteiger partial charge in [0.25, 0.3) is 5.56 Å². The molecule has 4 rings (SSSR count). The Morgan fingerprint density at radius 1 is 1.00 bits per heavy atom. The lowest BCUT2D eigenvalue weighted by atomic mass is 10.0. The number of ether oxygens (including phenoxy) is 1. The van der Waals surface area contributed by atoms with Gasteiger partial charge in [-0.2, -0.15) is 0 Å². The van der Waals surface area contributed by atoms with Gasteiger partial charge in [-0.3, -0.25) is 9.36 Å². The summed E-state index contributed by atoms with van der Waals surface area (Å²) in [6, 6.07) is 20.8. The van der Waals surface area contributed by atoms with Crippen molar-refractivity contribution in [3.63, 3.8) is 0 Å². The molecule has 6 heteroatoms. The number of hydrogen-bond acceptors (Lipinski definition) is 5. The Balaban J connectivity index is 2.07. The maximum atomic E-state index is 13.0. The van der Waals surface area contributed by atoms with E-state index in [1.165, 1.54) is 11.3 Å². The summed E-state index contributed by atoms with van der Waals surface area (Å²) in [5.74, 6) is -0.378. The molecule has 5 nitrogen and oxygen atoms in total. The first-order valence-electron chi connectivity index (χ1n) is 9.90. The minimum Gasteiger partial charge on any atom is -0.462 e. The number of carbonyl (C=O) groups excluding carboxylic acids is 1. The molecule has 0 saturated heterocycles. The fourth-order valence-electron chi connectivity index (χ4n) is 3.55. The lowest BCUT2D eigenvalue weighted by Crippen LogP contribution is -2.18. The van der Waals surface area contributed by atoms with Crippen LogP contribution in [0.5, 0.6) is 0 Å². The molecule has 0 fully saturated rings. The molecule has 152 valence electrons. The van der Waals surface area contributed by atoms with Crippen molar-refractivity contribution in [2.45, 2.75) is 13.8 Å². The number of para-hydroxylation sites is 2. The van der Waals surface area contributed by atoms with Gasteiger partial charge in [-0.05, 0) is 37.6 Å². The maximum absolute atomic E-state index is 13.0. The number of nitrogens with zero attached hydrogens (tertiary/aromatic N) is 1. The molecule has 0 radical (unpaired) electrons. The smallest absolute Gasteiger partial charge is 0.349 e. The molecule has 2 aromatic heterocycles. The van der Waals surface area contributed by atoms with Crippen molar-refractivity contribution in [1.82, 2.24) is 4.57 Å². The summed E-state index contributed by atoms with van der Waals surface area (Å²) < 4.78 is 7.00. The van der Waals surface area contributed by atoms with Crippen LogP contribution in [0.2, 0.25) is 0 Å². The molecule has 0 aliphatic carbocycles. The Morgan fingerprint density at radius 3 is 2.47 bits per heavy atom. The zero-order valence-corrected chi connectivity index (χ0v) is 17.7. The first-order valence-corrected chi connectivity index (χ1v) is 10.7. The predicted octanol–water partition coefficient (Wildman–Crippen LogP) is 5.33. The third-order valence-corrected chi connectivity index (χ3v) is 5.95. The molecule has 2 heterocycles. The van der Waals surface area contributed by atoms with Crippen molar-refractivity contribution in [2.75, 3.05) is 18.5 Å². The molecule has 0 aliphatic rings. The van der Waals surface area contributed by atoms with E-state index in [0.29, 0.717) is 4.88 Å². The van der Waals surface area contributed by atoms with Gasteiger partial charge in [0.2, 0.25) is 0 Å². The molecular formula is C24H22N2O3S. The highest BCUT2D eigenvalue weighted by Gasteiger charge is 2.23. The Kier molecular flexibility index (Phi) is 5.68. The minimum absolute atomic E-state index is 0.149. The van der Waals surface area contributed by atoms with Crippen LogP contribution in [0.1, 0.15) is 23.5 Å². The lowest BCUT2D eigenvalue weighted by Gasteiger charge is -2.13. The van der Waals surface area contributed by atoms with Crippen LogP contribution in [0.15, 0.2) is 71.5 Å². The van der Waals surface area contributed by atoms with Gasteiger partial charge in [-0.25, -0.2) is 4.79 Å². The van der Waals surface area contributed by atoms with E-state index in [0.717, 1.165) is 39.3 Å². The third-order valence-electron chi connectivity index (χ3n) is 4.78. The van der Waals surface area contributed by atoms with Gasteiger partial charge >= 0.3 is 5.97 Å². The molecule has 0 atom stereocenters. The Hall–Kier alpha value is -3.38. The molecule has 0 spiro atoms. The lowest BCUT2D eigenvalue weighted by molar-refractivity contribution is 0.0533. The molecule has 2 aromatic carbocycles. The van der Waals surface area contributed by atoms with Crippen LogP contribution in [0.25, 0.3) is 27.0 Å². The van der Waals surface area contributed by atoms with Crippen molar-refractivity contribution in [3.05, 3.63) is 82.0 Å². The van der Waals surface area contributed by atoms with Gasteiger partial charge in [0.05, 0.1) is 18.0 Å². The molecule has 0 saturated carbocycles. The number of nitrogens with one attached hydrogen (secondary N) is 1. The van der Waals surface area contributed by atoms with E-state index in [2.05, 4.69) is 5.32 Å². The quantitative estimate of drug-likeness (QED) is 0.430. The molecular weight excluding hydrogens is 396 g/mol. The summed E-state index contributed by atoms with van der Waals surface area (Å²) in [5, 5.41) is 4.16. The molecule has 0 aliphatic heterocycles. The van der Waals surface area contributed by atoms with Crippen LogP contribution in [0.3, 0.4) is 0 Å². The van der Waals surface area contributed by atoms with Gasteiger partial charge in [0.15, 0.2) is 0 Å². The van der Waals surface area contributed by atoms with Crippen LogP contribution in [-0.2, 0) is 4.74 Å². The number of benzene rings is 2. The van der Waals surface area contributed by atoms with Crippen molar-refractivity contribution >= 4 is 33.2 Å². The molecule has 0 unspecified atom stereocenters. The summed E-state index contributed by atoms with van der Waals surface area (Å²) in [7, 11) is 0. The highest BCUT2D eigenvalue weighted by atomic mass is 32.1. The summed E-state index contributed by atoms with van der Waals surface area (Å²) in [4.78, 5) is 27.0. The monoisotopic (exact) mass is 418 g/mol. The number of esters is 1. The normalized spacial score (nSPS) is 10.9. The fraction of sp³-hybridized carbons (Fsp3) is 0.167. The molecule has 0 bridgehead atoms. The minimum atomic E-state index is -0.378.